The maximum atomic E-state index is 12.9. The Hall–Kier alpha value is -4.05. The van der Waals surface area contributed by atoms with Gasteiger partial charge in [-0.1, -0.05) is 37.3 Å². The molecule has 0 aliphatic carbocycles. The maximum Gasteiger partial charge on any atom is 0.324 e. The van der Waals surface area contributed by atoms with Crippen molar-refractivity contribution in [1.82, 2.24) is 20.4 Å². The van der Waals surface area contributed by atoms with Crippen LogP contribution in [0.1, 0.15) is 26.6 Å². The molecule has 3 unspecified atom stereocenters. The summed E-state index contributed by atoms with van der Waals surface area (Å²) in [6, 6.07) is 15.9. The van der Waals surface area contributed by atoms with E-state index < -0.39 is 12.3 Å². The Bertz CT molecular complexity index is 1200. The topological polar surface area (TPSA) is 119 Å². The van der Waals surface area contributed by atoms with E-state index in [2.05, 4.69) is 21.3 Å². The van der Waals surface area contributed by atoms with E-state index in [9.17, 15) is 9.59 Å². The lowest BCUT2D eigenvalue weighted by atomic mass is 9.95. The van der Waals surface area contributed by atoms with Crippen molar-refractivity contribution in [2.24, 2.45) is 5.92 Å². The second-order valence-electron chi connectivity index (χ2n) is 8.26. The third kappa shape index (κ3) is 5.22. The van der Waals surface area contributed by atoms with E-state index in [1.54, 1.807) is 36.1 Å². The highest BCUT2D eigenvalue weighted by Crippen LogP contribution is 2.30. The first-order chi connectivity index (χ1) is 16.9. The molecule has 0 radical (unpaired) electrons. The molecule has 3 amide bonds. The molecule has 0 spiro atoms. The van der Waals surface area contributed by atoms with Gasteiger partial charge in [0.1, 0.15) is 5.82 Å². The third-order valence-corrected chi connectivity index (χ3v) is 6.01. The molecule has 1 aromatic heterocycles. The average molecular weight is 479 g/mol. The van der Waals surface area contributed by atoms with E-state index in [0.29, 0.717) is 28.7 Å². The summed E-state index contributed by atoms with van der Waals surface area (Å²) < 4.78 is 12.1. The number of anilines is 2. The molecule has 1 saturated heterocycles. The van der Waals surface area contributed by atoms with Gasteiger partial charge in [0.05, 0.1) is 25.8 Å². The zero-order chi connectivity index (χ0) is 24.9. The molecule has 4 rings (SSSR count). The minimum atomic E-state index is -0.617. The number of amides is 3. The normalized spacial score (nSPS) is 19.5. The van der Waals surface area contributed by atoms with E-state index in [1.165, 1.54) is 7.11 Å². The van der Waals surface area contributed by atoms with Crippen LogP contribution in [0.2, 0.25) is 0 Å². The number of nitrogens with one attached hydrogen (secondary N) is 4. The van der Waals surface area contributed by atoms with Crippen LogP contribution < -0.4 is 30.7 Å². The molecule has 1 aliphatic heterocycles. The molecule has 35 heavy (non-hydrogen) atoms. The summed E-state index contributed by atoms with van der Waals surface area (Å²) in [4.78, 5) is 25.6. The standard InChI is InChI=1S/C25H30N6O4/c1-5-18-15(2)26-24(29-23(18)32)31-22(14-19(30-31)16-9-7-6-8-10-16)28-25(33)27-17-11-12-20(34-3)21(13-17)35-4/h6-15,18,24,26H,5H2,1-4H3,(H,29,32)(H2,27,28,33). The second-order valence-corrected chi connectivity index (χ2v) is 8.26. The summed E-state index contributed by atoms with van der Waals surface area (Å²) in [7, 11) is 3.08. The van der Waals surface area contributed by atoms with Gasteiger partial charge in [0.25, 0.3) is 0 Å². The van der Waals surface area contributed by atoms with Gasteiger partial charge in [0.2, 0.25) is 5.91 Å². The Morgan fingerprint density at radius 1 is 1.06 bits per heavy atom. The molecular weight excluding hydrogens is 448 g/mol. The minimum absolute atomic E-state index is 0.0544. The van der Waals surface area contributed by atoms with Crippen LogP contribution in [-0.2, 0) is 4.79 Å². The number of benzene rings is 2. The fraction of sp³-hybridized carbons (Fsp3) is 0.320. The summed E-state index contributed by atoms with van der Waals surface area (Å²) in [6.45, 7) is 3.95. The van der Waals surface area contributed by atoms with Gasteiger partial charge in [0, 0.05) is 29.4 Å². The van der Waals surface area contributed by atoms with Crippen molar-refractivity contribution in [3.05, 3.63) is 54.6 Å². The summed E-state index contributed by atoms with van der Waals surface area (Å²) >= 11 is 0. The molecule has 1 fully saturated rings. The number of carbonyl (C=O) groups excluding carboxylic acids is 2. The first kappa shape index (κ1) is 24.1. The maximum absolute atomic E-state index is 12.9. The number of urea groups is 1. The van der Waals surface area contributed by atoms with Gasteiger partial charge in [-0.05, 0) is 25.5 Å². The first-order valence-corrected chi connectivity index (χ1v) is 11.4. The average Bonchev–Trinajstić information content (AvgIpc) is 3.27. The predicted octanol–water partition coefficient (Wildman–Crippen LogP) is 3.80. The SMILES string of the molecule is CCC1C(=O)NC(n2nc(-c3ccccc3)cc2NC(=O)Nc2ccc(OC)c(OC)c2)NC1C. The fourth-order valence-corrected chi connectivity index (χ4v) is 4.17. The summed E-state index contributed by atoms with van der Waals surface area (Å²) in [5, 5.41) is 16.7. The quantitative estimate of drug-likeness (QED) is 0.410. The lowest BCUT2D eigenvalue weighted by Crippen LogP contribution is -2.57. The largest absolute Gasteiger partial charge is 0.493 e. The van der Waals surface area contributed by atoms with Crippen molar-refractivity contribution in [2.75, 3.05) is 24.9 Å². The first-order valence-electron chi connectivity index (χ1n) is 11.4. The second kappa shape index (κ2) is 10.5. The van der Waals surface area contributed by atoms with Crippen LogP contribution in [0.3, 0.4) is 0 Å². The molecule has 0 saturated carbocycles. The van der Waals surface area contributed by atoms with Crippen LogP contribution in [0.4, 0.5) is 16.3 Å². The number of carbonyl (C=O) groups is 2. The summed E-state index contributed by atoms with van der Waals surface area (Å²) in [6.07, 6.45) is 0.106. The molecule has 10 heteroatoms. The molecule has 184 valence electrons. The number of hydrogen-bond acceptors (Lipinski definition) is 6. The van der Waals surface area contributed by atoms with E-state index >= 15 is 0 Å². The number of methoxy groups -OCH3 is 2. The van der Waals surface area contributed by atoms with E-state index in [4.69, 9.17) is 14.6 Å². The Kier molecular flexibility index (Phi) is 7.21. The van der Waals surface area contributed by atoms with Crippen molar-refractivity contribution in [3.63, 3.8) is 0 Å². The number of hydrogen-bond donors (Lipinski definition) is 4. The molecule has 2 aromatic carbocycles. The molecule has 10 nitrogen and oxygen atoms in total. The molecule has 0 bridgehead atoms. The summed E-state index contributed by atoms with van der Waals surface area (Å²) in [5.74, 6) is 1.28. The number of ether oxygens (including phenoxy) is 2. The Labute approximate surface area is 204 Å². The zero-order valence-electron chi connectivity index (χ0n) is 20.2. The Morgan fingerprint density at radius 3 is 2.46 bits per heavy atom. The van der Waals surface area contributed by atoms with Crippen LogP contribution in [0, 0.1) is 5.92 Å². The van der Waals surface area contributed by atoms with Crippen molar-refractivity contribution >= 4 is 23.4 Å². The highest BCUT2D eigenvalue weighted by atomic mass is 16.5. The van der Waals surface area contributed by atoms with Crippen LogP contribution in [0.25, 0.3) is 11.3 Å². The van der Waals surface area contributed by atoms with Gasteiger partial charge in [-0.3, -0.25) is 15.4 Å². The van der Waals surface area contributed by atoms with Crippen LogP contribution >= 0.6 is 0 Å². The highest BCUT2D eigenvalue weighted by molar-refractivity contribution is 5.99. The van der Waals surface area contributed by atoms with E-state index in [0.717, 1.165) is 12.0 Å². The van der Waals surface area contributed by atoms with Gasteiger partial charge in [0.15, 0.2) is 17.8 Å². The molecule has 4 N–H and O–H groups in total. The van der Waals surface area contributed by atoms with E-state index in [1.807, 2.05) is 44.2 Å². The third-order valence-electron chi connectivity index (χ3n) is 6.01. The molecule has 2 heterocycles. The Morgan fingerprint density at radius 2 is 1.80 bits per heavy atom. The van der Waals surface area contributed by atoms with Crippen molar-refractivity contribution in [2.45, 2.75) is 32.6 Å². The van der Waals surface area contributed by atoms with Gasteiger partial charge in [-0.15, -0.1) is 0 Å². The van der Waals surface area contributed by atoms with Gasteiger partial charge in [-0.2, -0.15) is 5.10 Å². The smallest absolute Gasteiger partial charge is 0.324 e. The zero-order valence-corrected chi connectivity index (χ0v) is 20.2. The van der Waals surface area contributed by atoms with Gasteiger partial charge >= 0.3 is 6.03 Å². The van der Waals surface area contributed by atoms with Crippen LogP contribution in [0.15, 0.2) is 54.6 Å². The molecular formula is C25H30N6O4. The van der Waals surface area contributed by atoms with E-state index in [-0.39, 0.29) is 17.9 Å². The van der Waals surface area contributed by atoms with Gasteiger partial charge in [-0.25, -0.2) is 9.48 Å². The molecule has 3 aromatic rings. The molecule has 1 aliphatic rings. The number of aromatic nitrogens is 2. The van der Waals surface area contributed by atoms with Crippen molar-refractivity contribution < 1.29 is 19.1 Å². The van der Waals surface area contributed by atoms with Crippen LogP contribution in [0.5, 0.6) is 11.5 Å². The van der Waals surface area contributed by atoms with Crippen molar-refractivity contribution in [3.8, 4) is 22.8 Å². The van der Waals surface area contributed by atoms with Crippen molar-refractivity contribution in [1.29, 1.82) is 0 Å². The lowest BCUT2D eigenvalue weighted by molar-refractivity contribution is -0.130. The summed E-state index contributed by atoms with van der Waals surface area (Å²) in [5.41, 5.74) is 2.07. The predicted molar refractivity (Wildman–Crippen MR) is 133 cm³/mol. The lowest BCUT2D eigenvalue weighted by Gasteiger charge is -2.35. The number of rotatable bonds is 7. The molecule has 3 atom stereocenters. The Balaban J connectivity index is 1.60. The minimum Gasteiger partial charge on any atom is -0.493 e. The van der Waals surface area contributed by atoms with Gasteiger partial charge < -0.3 is 20.1 Å². The van der Waals surface area contributed by atoms with Crippen LogP contribution in [-0.4, -0.2) is 42.0 Å². The number of nitrogens with zero attached hydrogens (tertiary/aromatic N) is 2. The fourth-order valence-electron chi connectivity index (χ4n) is 4.17. The monoisotopic (exact) mass is 478 g/mol. The highest BCUT2D eigenvalue weighted by Gasteiger charge is 2.34.